The minimum absolute atomic E-state index is 0.927. The molecule has 0 radical (unpaired) electrons. The van der Waals surface area contributed by atoms with Crippen molar-refractivity contribution in [3.8, 4) is 0 Å². The first-order valence-electron chi connectivity index (χ1n) is 3.18. The van der Waals surface area contributed by atoms with Crippen molar-refractivity contribution in [1.82, 2.24) is 0 Å². The van der Waals surface area contributed by atoms with Crippen molar-refractivity contribution in [3.63, 3.8) is 0 Å². The maximum atomic E-state index is 9.00. The van der Waals surface area contributed by atoms with Crippen molar-refractivity contribution in [2.24, 2.45) is 0 Å². The van der Waals surface area contributed by atoms with Crippen LogP contribution < -0.4 is 0 Å². The van der Waals surface area contributed by atoms with Gasteiger partial charge in [0.2, 0.25) is 0 Å². The fourth-order valence-electron chi connectivity index (χ4n) is 0.568. The molecule has 1 unspecified atom stereocenters. The molecule has 0 aromatic carbocycles. The molecule has 11 heavy (non-hydrogen) atoms. The van der Waals surface area contributed by atoms with E-state index >= 15 is 0 Å². The van der Waals surface area contributed by atoms with E-state index in [-0.39, 0.29) is 0 Å². The van der Waals surface area contributed by atoms with Gasteiger partial charge in [0.15, 0.2) is 0 Å². The molecular formula is C6H12O4S. The summed E-state index contributed by atoms with van der Waals surface area (Å²) in [7, 11) is 0. The molecule has 4 nitrogen and oxygen atoms in total. The Morgan fingerprint density at radius 3 is 1.82 bits per heavy atom. The van der Waals surface area contributed by atoms with Crippen LogP contribution >= 0.6 is 12.2 Å². The lowest BCUT2D eigenvalue weighted by atomic mass is 10.1. The zero-order valence-electron chi connectivity index (χ0n) is 6.08. The lowest BCUT2D eigenvalue weighted by Gasteiger charge is -2.21. The number of rotatable bonds is 4. The van der Waals surface area contributed by atoms with E-state index in [0.717, 1.165) is 5.37 Å². The molecule has 0 aliphatic rings. The van der Waals surface area contributed by atoms with Gasteiger partial charge in [-0.1, -0.05) is 12.2 Å². The highest BCUT2D eigenvalue weighted by molar-refractivity contribution is 7.79. The van der Waals surface area contributed by atoms with Gasteiger partial charge in [0, 0.05) is 5.37 Å². The predicted octanol–water partition coefficient (Wildman–Crippen LogP) is -1.55. The average Bonchev–Trinajstić information content (AvgIpc) is 2.00. The Morgan fingerprint density at radius 1 is 1.09 bits per heavy atom. The molecule has 0 fully saturated rings. The molecule has 0 spiro atoms. The molecule has 0 aromatic heterocycles. The quantitative estimate of drug-likeness (QED) is 0.394. The summed E-state index contributed by atoms with van der Waals surface area (Å²) in [5.74, 6) is 0. The van der Waals surface area contributed by atoms with Gasteiger partial charge in [0.05, 0.1) is 6.10 Å². The van der Waals surface area contributed by atoms with Crippen molar-refractivity contribution in [3.05, 3.63) is 0 Å². The van der Waals surface area contributed by atoms with Crippen LogP contribution in [0, 0.1) is 0 Å². The van der Waals surface area contributed by atoms with Crippen LogP contribution in [0.1, 0.15) is 6.92 Å². The van der Waals surface area contributed by atoms with Gasteiger partial charge in [0.1, 0.15) is 18.3 Å². The molecule has 0 aliphatic heterocycles. The monoisotopic (exact) mass is 180 g/mol. The van der Waals surface area contributed by atoms with Crippen LogP contribution in [0.25, 0.3) is 0 Å². The first-order valence-corrected chi connectivity index (χ1v) is 3.65. The lowest BCUT2D eigenvalue weighted by molar-refractivity contribution is -0.0816. The summed E-state index contributed by atoms with van der Waals surface area (Å²) in [5.41, 5.74) is 0. The molecule has 0 amide bonds. The highest BCUT2D eigenvalue weighted by Crippen LogP contribution is 2.02. The first kappa shape index (κ1) is 10.9. The highest BCUT2D eigenvalue weighted by Gasteiger charge is 2.26. The number of hydrogen-bond donors (Lipinski definition) is 4. The zero-order chi connectivity index (χ0) is 9.02. The van der Waals surface area contributed by atoms with E-state index in [0.29, 0.717) is 0 Å². The second-order valence-electron chi connectivity index (χ2n) is 2.35. The molecule has 0 heterocycles. The van der Waals surface area contributed by atoms with Crippen LogP contribution in [0.4, 0.5) is 0 Å². The Kier molecular flexibility index (Phi) is 4.71. The van der Waals surface area contributed by atoms with E-state index in [1.54, 1.807) is 0 Å². The topological polar surface area (TPSA) is 80.9 Å². The maximum absolute atomic E-state index is 9.00. The number of hydrogen-bond acceptors (Lipinski definition) is 5. The largest absolute Gasteiger partial charge is 0.391 e. The Morgan fingerprint density at radius 2 is 1.55 bits per heavy atom. The summed E-state index contributed by atoms with van der Waals surface area (Å²) in [4.78, 5) is 0. The third-order valence-electron chi connectivity index (χ3n) is 1.33. The van der Waals surface area contributed by atoms with E-state index in [9.17, 15) is 0 Å². The highest BCUT2D eigenvalue weighted by atomic mass is 32.1. The zero-order valence-corrected chi connectivity index (χ0v) is 6.90. The van der Waals surface area contributed by atoms with Crippen LogP contribution in [0.5, 0.6) is 0 Å². The van der Waals surface area contributed by atoms with Gasteiger partial charge in [-0.2, -0.15) is 0 Å². The summed E-state index contributed by atoms with van der Waals surface area (Å²) >= 11 is 4.33. The summed E-state index contributed by atoms with van der Waals surface area (Å²) in [5, 5.41) is 36.5. The summed E-state index contributed by atoms with van der Waals surface area (Å²) in [6.07, 6.45) is -5.17. The average molecular weight is 180 g/mol. The van der Waals surface area contributed by atoms with Gasteiger partial charge in [-0.25, -0.2) is 0 Å². The Labute approximate surface area is 70.1 Å². The smallest absolute Gasteiger partial charge is 0.113 e. The molecule has 66 valence electrons. The van der Waals surface area contributed by atoms with Gasteiger partial charge in [-0.05, 0) is 6.92 Å². The maximum Gasteiger partial charge on any atom is 0.113 e. The van der Waals surface area contributed by atoms with Gasteiger partial charge >= 0.3 is 0 Å². The standard InChI is InChI=1S/C6H12O4S/c1-3(7)5(9)6(10)4(8)2-11/h2-10H,1H3/t3?,4-,5+,6+/m0/s1. The van der Waals surface area contributed by atoms with Gasteiger partial charge in [-0.15, -0.1) is 0 Å². The summed E-state index contributed by atoms with van der Waals surface area (Å²) < 4.78 is 0. The van der Waals surface area contributed by atoms with Crippen LogP contribution in [0.15, 0.2) is 0 Å². The second kappa shape index (κ2) is 4.74. The van der Waals surface area contributed by atoms with Crippen LogP contribution in [0.2, 0.25) is 0 Å². The fourth-order valence-corrected chi connectivity index (χ4v) is 0.729. The lowest BCUT2D eigenvalue weighted by Crippen LogP contribution is -2.43. The molecule has 0 aromatic rings. The van der Waals surface area contributed by atoms with E-state index < -0.39 is 24.4 Å². The third-order valence-corrected chi connectivity index (χ3v) is 1.61. The molecule has 0 saturated carbocycles. The van der Waals surface area contributed by atoms with E-state index in [4.69, 9.17) is 20.4 Å². The molecule has 5 heteroatoms. The first-order chi connectivity index (χ1) is 5.00. The van der Waals surface area contributed by atoms with Crippen molar-refractivity contribution < 1.29 is 20.4 Å². The van der Waals surface area contributed by atoms with E-state index in [1.165, 1.54) is 6.92 Å². The Hall–Kier alpha value is -0.0700. The summed E-state index contributed by atoms with van der Waals surface area (Å²) in [6, 6.07) is 0. The number of aliphatic hydroxyl groups excluding tert-OH is 4. The van der Waals surface area contributed by atoms with Crippen LogP contribution in [-0.4, -0.2) is 50.2 Å². The number of thiocarbonyl (C=S) groups is 1. The third kappa shape index (κ3) is 3.22. The number of aliphatic hydroxyl groups is 4. The van der Waals surface area contributed by atoms with Crippen molar-refractivity contribution >= 4 is 17.6 Å². The van der Waals surface area contributed by atoms with Gasteiger partial charge in [-0.3, -0.25) is 0 Å². The molecule has 0 rings (SSSR count). The molecule has 0 aliphatic carbocycles. The van der Waals surface area contributed by atoms with Crippen LogP contribution in [0.3, 0.4) is 0 Å². The predicted molar refractivity (Wildman–Crippen MR) is 43.4 cm³/mol. The van der Waals surface area contributed by atoms with Crippen molar-refractivity contribution in [2.75, 3.05) is 0 Å². The SMILES string of the molecule is CC(O)[C@@H](O)[C@H](O)[C@@H](O)C=S. The van der Waals surface area contributed by atoms with Crippen molar-refractivity contribution in [2.45, 2.75) is 31.3 Å². The van der Waals surface area contributed by atoms with Gasteiger partial charge < -0.3 is 20.4 Å². The van der Waals surface area contributed by atoms with E-state index in [1.807, 2.05) is 0 Å². The molecular weight excluding hydrogens is 168 g/mol. The Bertz CT molecular complexity index is 128. The van der Waals surface area contributed by atoms with E-state index in [2.05, 4.69) is 12.2 Å². The van der Waals surface area contributed by atoms with Crippen molar-refractivity contribution in [1.29, 1.82) is 0 Å². The van der Waals surface area contributed by atoms with Gasteiger partial charge in [0.25, 0.3) is 0 Å². The minimum atomic E-state index is -1.42. The molecule has 4 atom stereocenters. The second-order valence-corrected chi connectivity index (χ2v) is 2.62. The summed E-state index contributed by atoms with van der Waals surface area (Å²) in [6.45, 7) is 1.31. The molecule has 0 bridgehead atoms. The minimum Gasteiger partial charge on any atom is -0.391 e. The molecule has 0 saturated heterocycles. The molecule has 4 N–H and O–H groups in total. The van der Waals surface area contributed by atoms with Crippen LogP contribution in [-0.2, 0) is 0 Å². The normalized spacial score (nSPS) is 21.9. The Balaban J connectivity index is 4.00. The fraction of sp³-hybridized carbons (Fsp3) is 0.833.